The Balaban J connectivity index is 2.82. The van der Waals surface area contributed by atoms with E-state index in [0.717, 1.165) is 6.42 Å². The number of hydrogen-bond acceptors (Lipinski definition) is 3. The minimum atomic E-state index is -0.982. The van der Waals surface area contributed by atoms with Gasteiger partial charge in [-0.15, -0.1) is 0 Å². The Morgan fingerprint density at radius 3 is 2.38 bits per heavy atom. The maximum Gasteiger partial charge on any atom is 0.326 e. The lowest BCUT2D eigenvalue weighted by atomic mass is 9.92. The van der Waals surface area contributed by atoms with Crippen LogP contribution < -0.4 is 0 Å². The number of aliphatic carboxylic acids is 1. The van der Waals surface area contributed by atoms with E-state index < -0.39 is 12.0 Å². The molecule has 1 saturated heterocycles. The number of hydrogen-bond donors (Lipinski definition) is 1. The molecule has 2 unspecified atom stereocenters. The van der Waals surface area contributed by atoms with Gasteiger partial charge < -0.3 is 19.8 Å². The Kier molecular flexibility index (Phi) is 5.99. The first-order valence-corrected chi connectivity index (χ1v) is 7.26. The Morgan fingerprint density at radius 2 is 1.90 bits per heavy atom. The van der Waals surface area contributed by atoms with Crippen LogP contribution >= 0.6 is 0 Å². The number of rotatable bonds is 4. The quantitative estimate of drug-likeness (QED) is 0.828. The fraction of sp³-hybridized carbons (Fsp3) is 0.786. The average molecular weight is 299 g/mol. The van der Waals surface area contributed by atoms with Crippen molar-refractivity contribution < 1.29 is 19.5 Å². The predicted octanol–water partition coefficient (Wildman–Crippen LogP) is 0.702. The molecule has 1 rings (SSSR count). The lowest BCUT2D eigenvalue weighted by molar-refractivity contribution is -0.144. The third-order valence-corrected chi connectivity index (χ3v) is 3.87. The van der Waals surface area contributed by atoms with Crippen LogP contribution in [0.5, 0.6) is 0 Å². The summed E-state index contributed by atoms with van der Waals surface area (Å²) >= 11 is 0. The van der Waals surface area contributed by atoms with Crippen LogP contribution in [-0.2, 0) is 9.59 Å². The molecule has 7 heteroatoms. The summed E-state index contributed by atoms with van der Waals surface area (Å²) < 4.78 is 0. The molecule has 7 nitrogen and oxygen atoms in total. The van der Waals surface area contributed by atoms with E-state index >= 15 is 0 Å². The van der Waals surface area contributed by atoms with Crippen LogP contribution in [-0.4, -0.2) is 77.5 Å². The second-order valence-electron chi connectivity index (χ2n) is 5.76. The fourth-order valence-corrected chi connectivity index (χ4v) is 2.41. The summed E-state index contributed by atoms with van der Waals surface area (Å²) in [7, 11) is 3.26. The highest BCUT2D eigenvalue weighted by Gasteiger charge is 2.36. The van der Waals surface area contributed by atoms with Gasteiger partial charge in [-0.2, -0.15) is 0 Å². The molecule has 0 aromatic carbocycles. The molecule has 0 aliphatic carbocycles. The monoisotopic (exact) mass is 299 g/mol. The standard InChI is InChI=1S/C14H25N3O4/c1-5-16(9-12(18)15(3)4)14(21)17-7-6-10(2)8-11(17)13(19)20/h10-11H,5-9H2,1-4H3,(H,19,20). The Labute approximate surface area is 125 Å². The van der Waals surface area contributed by atoms with E-state index in [0.29, 0.717) is 19.5 Å². The largest absolute Gasteiger partial charge is 0.480 e. The van der Waals surface area contributed by atoms with Crippen LogP contribution in [0, 0.1) is 5.92 Å². The van der Waals surface area contributed by atoms with Gasteiger partial charge in [0.15, 0.2) is 0 Å². The summed E-state index contributed by atoms with van der Waals surface area (Å²) in [4.78, 5) is 39.9. The van der Waals surface area contributed by atoms with Crippen molar-refractivity contribution in [1.82, 2.24) is 14.7 Å². The van der Waals surface area contributed by atoms with Crippen molar-refractivity contribution >= 4 is 17.9 Å². The average Bonchev–Trinajstić information content (AvgIpc) is 2.43. The lowest BCUT2D eigenvalue weighted by Gasteiger charge is -2.38. The highest BCUT2D eigenvalue weighted by Crippen LogP contribution is 2.23. The van der Waals surface area contributed by atoms with Gasteiger partial charge in [-0.3, -0.25) is 4.79 Å². The summed E-state index contributed by atoms with van der Waals surface area (Å²) in [6, 6.07) is -1.17. The van der Waals surface area contributed by atoms with Crippen LogP contribution in [0.25, 0.3) is 0 Å². The predicted molar refractivity (Wildman–Crippen MR) is 77.9 cm³/mol. The van der Waals surface area contributed by atoms with E-state index in [-0.39, 0.29) is 24.4 Å². The summed E-state index contributed by atoms with van der Waals surface area (Å²) in [5.41, 5.74) is 0. The van der Waals surface area contributed by atoms with Gasteiger partial charge >= 0.3 is 12.0 Å². The zero-order valence-electron chi connectivity index (χ0n) is 13.2. The molecule has 0 saturated carbocycles. The van der Waals surface area contributed by atoms with E-state index in [1.807, 2.05) is 6.92 Å². The van der Waals surface area contributed by atoms with Gasteiger partial charge in [0.05, 0.1) is 0 Å². The van der Waals surface area contributed by atoms with Gasteiger partial charge in [-0.1, -0.05) is 6.92 Å². The van der Waals surface area contributed by atoms with Crippen molar-refractivity contribution in [2.24, 2.45) is 5.92 Å². The van der Waals surface area contributed by atoms with E-state index in [4.69, 9.17) is 0 Å². The number of carboxylic acid groups (broad SMARTS) is 1. The minimum Gasteiger partial charge on any atom is -0.480 e. The van der Waals surface area contributed by atoms with Gasteiger partial charge in [0, 0.05) is 27.2 Å². The van der Waals surface area contributed by atoms with Crippen LogP contribution in [0.1, 0.15) is 26.7 Å². The molecular weight excluding hydrogens is 274 g/mol. The summed E-state index contributed by atoms with van der Waals surface area (Å²) in [6.45, 7) is 4.54. The smallest absolute Gasteiger partial charge is 0.326 e. The SMILES string of the molecule is CCN(CC(=O)N(C)C)C(=O)N1CCC(C)CC1C(=O)O. The van der Waals surface area contributed by atoms with Gasteiger partial charge in [-0.05, 0) is 25.7 Å². The van der Waals surface area contributed by atoms with E-state index in [9.17, 15) is 19.5 Å². The minimum absolute atomic E-state index is 0.0271. The molecule has 2 atom stereocenters. The molecule has 1 aliphatic heterocycles. The molecule has 120 valence electrons. The van der Waals surface area contributed by atoms with Gasteiger partial charge in [0.1, 0.15) is 12.6 Å². The third kappa shape index (κ3) is 4.34. The fourth-order valence-electron chi connectivity index (χ4n) is 2.41. The molecule has 1 N–H and O–H groups in total. The first-order chi connectivity index (χ1) is 9.77. The Bertz CT molecular complexity index is 411. The molecule has 0 aromatic rings. The maximum atomic E-state index is 12.5. The molecule has 1 aliphatic rings. The number of carbonyl (C=O) groups excluding carboxylic acids is 2. The normalized spacial score (nSPS) is 21.8. The third-order valence-electron chi connectivity index (χ3n) is 3.87. The topological polar surface area (TPSA) is 81.2 Å². The second-order valence-corrected chi connectivity index (χ2v) is 5.76. The van der Waals surface area contributed by atoms with Crippen molar-refractivity contribution in [3.05, 3.63) is 0 Å². The summed E-state index contributed by atoms with van der Waals surface area (Å²) in [6.07, 6.45) is 1.24. The van der Waals surface area contributed by atoms with Crippen molar-refractivity contribution in [3.8, 4) is 0 Å². The lowest BCUT2D eigenvalue weighted by Crippen LogP contribution is -2.55. The van der Waals surface area contributed by atoms with Crippen molar-refractivity contribution in [3.63, 3.8) is 0 Å². The maximum absolute atomic E-state index is 12.5. The number of urea groups is 1. The van der Waals surface area contributed by atoms with Gasteiger partial charge in [-0.25, -0.2) is 9.59 Å². The second kappa shape index (κ2) is 7.28. The summed E-state index contributed by atoms with van der Waals surface area (Å²) in [5, 5.41) is 9.31. The highest BCUT2D eigenvalue weighted by atomic mass is 16.4. The van der Waals surface area contributed by atoms with Gasteiger partial charge in [0.2, 0.25) is 5.91 Å². The van der Waals surface area contributed by atoms with Crippen LogP contribution in [0.3, 0.4) is 0 Å². The number of likely N-dealkylation sites (tertiary alicyclic amines) is 1. The van der Waals surface area contributed by atoms with E-state index in [2.05, 4.69) is 0 Å². The van der Waals surface area contributed by atoms with Crippen LogP contribution in [0.2, 0.25) is 0 Å². The molecule has 0 aromatic heterocycles. The number of likely N-dealkylation sites (N-methyl/N-ethyl adjacent to an activating group) is 2. The molecule has 0 bridgehead atoms. The molecule has 0 radical (unpaired) electrons. The molecule has 1 fully saturated rings. The Morgan fingerprint density at radius 1 is 1.29 bits per heavy atom. The van der Waals surface area contributed by atoms with E-state index in [1.165, 1.54) is 14.7 Å². The molecule has 21 heavy (non-hydrogen) atoms. The summed E-state index contributed by atoms with van der Waals surface area (Å²) in [5.74, 6) is -0.874. The number of amides is 3. The van der Waals surface area contributed by atoms with Crippen molar-refractivity contribution in [1.29, 1.82) is 0 Å². The molecule has 0 spiro atoms. The molecule has 3 amide bonds. The molecular formula is C14H25N3O4. The first-order valence-electron chi connectivity index (χ1n) is 7.26. The number of carbonyl (C=O) groups is 3. The van der Waals surface area contributed by atoms with Crippen molar-refractivity contribution in [2.45, 2.75) is 32.7 Å². The molecule has 1 heterocycles. The van der Waals surface area contributed by atoms with Crippen molar-refractivity contribution in [2.75, 3.05) is 33.7 Å². The number of piperidine rings is 1. The first kappa shape index (κ1) is 17.3. The highest BCUT2D eigenvalue weighted by molar-refractivity contribution is 5.86. The number of nitrogens with zero attached hydrogens (tertiary/aromatic N) is 3. The zero-order valence-corrected chi connectivity index (χ0v) is 13.2. The van der Waals surface area contributed by atoms with Crippen LogP contribution in [0.4, 0.5) is 4.79 Å². The van der Waals surface area contributed by atoms with Gasteiger partial charge in [0.25, 0.3) is 0 Å². The Hall–Kier alpha value is -1.79. The van der Waals surface area contributed by atoms with Crippen LogP contribution in [0.15, 0.2) is 0 Å². The van der Waals surface area contributed by atoms with E-state index in [1.54, 1.807) is 21.0 Å². The number of carboxylic acids is 1. The zero-order chi connectivity index (χ0) is 16.2.